The van der Waals surface area contributed by atoms with Gasteiger partial charge in [-0.1, -0.05) is 12.1 Å². The van der Waals surface area contributed by atoms with Crippen LogP contribution in [0.5, 0.6) is 0 Å². The van der Waals surface area contributed by atoms with E-state index in [2.05, 4.69) is 10.3 Å². The van der Waals surface area contributed by atoms with Crippen molar-refractivity contribution in [1.29, 1.82) is 0 Å². The van der Waals surface area contributed by atoms with Crippen molar-refractivity contribution in [2.24, 2.45) is 0 Å². The lowest BCUT2D eigenvalue weighted by Crippen LogP contribution is -2.28. The molecule has 0 radical (unpaired) electrons. The summed E-state index contributed by atoms with van der Waals surface area (Å²) in [4.78, 5) is 17.7. The second kappa shape index (κ2) is 6.85. The first-order valence-electron chi connectivity index (χ1n) is 6.71. The Morgan fingerprint density at radius 1 is 1.29 bits per heavy atom. The number of rotatable bonds is 5. The number of carbonyl (C=O) groups excluding carboxylic acids is 1. The van der Waals surface area contributed by atoms with E-state index in [0.29, 0.717) is 5.56 Å². The number of benzene rings is 1. The molecule has 110 valence electrons. The molecule has 2 aromatic rings. The summed E-state index contributed by atoms with van der Waals surface area (Å²) in [6, 6.07) is 11.0. The fraction of sp³-hybridized carbons (Fsp3) is 0.250. The van der Waals surface area contributed by atoms with Gasteiger partial charge in [0, 0.05) is 38.7 Å². The predicted octanol–water partition coefficient (Wildman–Crippen LogP) is 1.61. The van der Waals surface area contributed by atoms with Gasteiger partial charge in [-0.05, 0) is 29.8 Å². The molecule has 1 aromatic heterocycles. The molecule has 5 heteroatoms. The first-order chi connectivity index (χ1) is 10.1. The molecule has 1 heterocycles. The van der Waals surface area contributed by atoms with Crippen LogP contribution in [0.3, 0.4) is 0 Å². The zero-order valence-corrected chi connectivity index (χ0v) is 12.2. The van der Waals surface area contributed by atoms with Gasteiger partial charge in [-0.2, -0.15) is 0 Å². The van der Waals surface area contributed by atoms with Crippen LogP contribution in [0.2, 0.25) is 0 Å². The van der Waals surface area contributed by atoms with Crippen molar-refractivity contribution in [3.63, 3.8) is 0 Å². The third-order valence-electron chi connectivity index (χ3n) is 3.17. The third-order valence-corrected chi connectivity index (χ3v) is 3.17. The maximum atomic E-state index is 11.9. The first kappa shape index (κ1) is 15.0. The van der Waals surface area contributed by atoms with Crippen LogP contribution in [0, 0.1) is 0 Å². The summed E-state index contributed by atoms with van der Waals surface area (Å²) in [6.45, 7) is 0.162. The van der Waals surface area contributed by atoms with Crippen LogP contribution in [0.4, 0.5) is 5.69 Å². The van der Waals surface area contributed by atoms with Crippen LogP contribution in [-0.2, 0) is 0 Å². The van der Waals surface area contributed by atoms with E-state index in [9.17, 15) is 9.90 Å². The summed E-state index contributed by atoms with van der Waals surface area (Å²) in [5.74, 6) is -0.243. The molecule has 0 aliphatic rings. The van der Waals surface area contributed by atoms with Crippen molar-refractivity contribution < 1.29 is 9.90 Å². The van der Waals surface area contributed by atoms with Crippen LogP contribution < -0.4 is 10.2 Å². The number of amides is 1. The second-order valence-corrected chi connectivity index (χ2v) is 4.95. The molecule has 2 N–H and O–H groups in total. The number of pyridine rings is 1. The number of anilines is 1. The van der Waals surface area contributed by atoms with Crippen LogP contribution in [-0.4, -0.2) is 36.6 Å². The van der Waals surface area contributed by atoms with E-state index in [1.54, 1.807) is 18.3 Å². The second-order valence-electron chi connectivity index (χ2n) is 4.95. The highest BCUT2D eigenvalue weighted by atomic mass is 16.3. The minimum atomic E-state index is -0.734. The molecule has 0 saturated carbocycles. The molecule has 1 unspecified atom stereocenters. The summed E-state index contributed by atoms with van der Waals surface area (Å²) < 4.78 is 0. The Bertz CT molecular complexity index is 582. The normalized spacial score (nSPS) is 11.8. The quantitative estimate of drug-likeness (QED) is 0.876. The highest BCUT2D eigenvalue weighted by Crippen LogP contribution is 2.17. The van der Waals surface area contributed by atoms with Crippen LogP contribution in [0.25, 0.3) is 0 Å². The molecule has 0 saturated heterocycles. The van der Waals surface area contributed by atoms with Gasteiger partial charge in [-0.3, -0.25) is 9.78 Å². The van der Waals surface area contributed by atoms with E-state index in [0.717, 1.165) is 11.3 Å². The lowest BCUT2D eigenvalue weighted by molar-refractivity contribution is 0.0916. The van der Waals surface area contributed by atoms with Gasteiger partial charge < -0.3 is 15.3 Å². The Hall–Kier alpha value is -2.40. The molecule has 1 aromatic carbocycles. The number of aliphatic hydroxyl groups is 1. The summed E-state index contributed by atoms with van der Waals surface area (Å²) in [5.41, 5.74) is 2.31. The van der Waals surface area contributed by atoms with Crippen molar-refractivity contribution in [2.75, 3.05) is 25.5 Å². The number of aliphatic hydroxyl groups excluding tert-OH is 1. The largest absolute Gasteiger partial charge is 0.387 e. The topological polar surface area (TPSA) is 65.5 Å². The molecule has 1 amide bonds. The van der Waals surface area contributed by atoms with Gasteiger partial charge in [-0.15, -0.1) is 0 Å². The standard InChI is InChI=1S/C16H19N3O2/c1-19(2)14-7-5-12(6-8-14)15(20)11-18-16(21)13-4-3-9-17-10-13/h3-10,15,20H,11H2,1-2H3,(H,18,21). The van der Waals surface area contributed by atoms with Crippen LogP contribution in [0.1, 0.15) is 22.0 Å². The van der Waals surface area contributed by atoms with Gasteiger partial charge in [0.1, 0.15) is 0 Å². The zero-order valence-electron chi connectivity index (χ0n) is 12.2. The Kier molecular flexibility index (Phi) is 4.90. The van der Waals surface area contributed by atoms with Gasteiger partial charge in [0.05, 0.1) is 11.7 Å². The predicted molar refractivity (Wildman–Crippen MR) is 82.3 cm³/mol. The molecular weight excluding hydrogens is 266 g/mol. The Balaban J connectivity index is 1.92. The number of carbonyl (C=O) groups is 1. The van der Waals surface area contributed by atoms with E-state index in [1.807, 2.05) is 43.3 Å². The van der Waals surface area contributed by atoms with Gasteiger partial charge in [0.2, 0.25) is 0 Å². The lowest BCUT2D eigenvalue weighted by atomic mass is 10.1. The number of hydrogen-bond acceptors (Lipinski definition) is 4. The summed E-state index contributed by atoms with van der Waals surface area (Å²) in [5, 5.41) is 12.8. The lowest BCUT2D eigenvalue weighted by Gasteiger charge is -2.15. The molecule has 0 spiro atoms. The molecule has 0 aliphatic carbocycles. The molecule has 0 fully saturated rings. The monoisotopic (exact) mass is 285 g/mol. The average molecular weight is 285 g/mol. The minimum Gasteiger partial charge on any atom is -0.387 e. The summed E-state index contributed by atoms with van der Waals surface area (Å²) in [6.07, 6.45) is 2.37. The van der Waals surface area contributed by atoms with Crippen molar-refractivity contribution >= 4 is 11.6 Å². The van der Waals surface area contributed by atoms with E-state index in [1.165, 1.54) is 6.20 Å². The highest BCUT2D eigenvalue weighted by Gasteiger charge is 2.11. The Morgan fingerprint density at radius 2 is 2.00 bits per heavy atom. The fourth-order valence-electron chi connectivity index (χ4n) is 1.90. The molecule has 21 heavy (non-hydrogen) atoms. The molecule has 1 atom stereocenters. The highest BCUT2D eigenvalue weighted by molar-refractivity contribution is 5.93. The number of aromatic nitrogens is 1. The van der Waals surface area contributed by atoms with Gasteiger partial charge >= 0.3 is 0 Å². The maximum absolute atomic E-state index is 11.9. The minimum absolute atomic E-state index is 0.162. The van der Waals surface area contributed by atoms with Gasteiger partial charge in [-0.25, -0.2) is 0 Å². The smallest absolute Gasteiger partial charge is 0.252 e. The van der Waals surface area contributed by atoms with Gasteiger partial charge in [0.15, 0.2) is 0 Å². The SMILES string of the molecule is CN(C)c1ccc(C(O)CNC(=O)c2cccnc2)cc1. The van der Waals surface area contributed by atoms with E-state index in [-0.39, 0.29) is 12.5 Å². The average Bonchev–Trinajstić information content (AvgIpc) is 2.53. The summed E-state index contributed by atoms with van der Waals surface area (Å²) in [7, 11) is 3.92. The zero-order chi connectivity index (χ0) is 15.2. The Morgan fingerprint density at radius 3 is 2.57 bits per heavy atom. The van der Waals surface area contributed by atoms with Crippen LogP contribution in [0.15, 0.2) is 48.8 Å². The molecule has 0 bridgehead atoms. The van der Waals surface area contributed by atoms with Crippen molar-refractivity contribution in [2.45, 2.75) is 6.10 Å². The molecule has 0 aliphatic heterocycles. The van der Waals surface area contributed by atoms with Gasteiger partial charge in [0.25, 0.3) is 5.91 Å². The van der Waals surface area contributed by atoms with Crippen molar-refractivity contribution in [1.82, 2.24) is 10.3 Å². The van der Waals surface area contributed by atoms with E-state index < -0.39 is 6.10 Å². The van der Waals surface area contributed by atoms with Crippen molar-refractivity contribution in [3.8, 4) is 0 Å². The number of nitrogens with zero attached hydrogens (tertiary/aromatic N) is 2. The molecule has 2 rings (SSSR count). The Labute approximate surface area is 124 Å². The first-order valence-corrected chi connectivity index (χ1v) is 6.71. The number of hydrogen-bond donors (Lipinski definition) is 2. The molecule has 5 nitrogen and oxygen atoms in total. The van der Waals surface area contributed by atoms with Crippen LogP contribution >= 0.6 is 0 Å². The maximum Gasteiger partial charge on any atom is 0.252 e. The fourth-order valence-corrected chi connectivity index (χ4v) is 1.90. The number of nitrogens with one attached hydrogen (secondary N) is 1. The van der Waals surface area contributed by atoms with E-state index in [4.69, 9.17) is 0 Å². The van der Waals surface area contributed by atoms with Crippen molar-refractivity contribution in [3.05, 3.63) is 59.9 Å². The molecular formula is C16H19N3O2. The third kappa shape index (κ3) is 4.03. The summed E-state index contributed by atoms with van der Waals surface area (Å²) >= 11 is 0. The van der Waals surface area contributed by atoms with E-state index >= 15 is 0 Å².